The summed E-state index contributed by atoms with van der Waals surface area (Å²) in [7, 11) is 5.56. The highest BCUT2D eigenvalue weighted by Gasteiger charge is 2.36. The van der Waals surface area contributed by atoms with Crippen LogP contribution in [0.1, 0.15) is 40.5 Å². The lowest BCUT2D eigenvalue weighted by Gasteiger charge is -2.37. The molecule has 0 saturated heterocycles. The average Bonchev–Trinajstić information content (AvgIpc) is 2.95. The normalized spacial score (nSPS) is 20.7. The number of aryl methyl sites for hydroxylation is 2. The molecule has 2 aromatic heterocycles. The first-order valence-electron chi connectivity index (χ1n) is 8.33. The maximum atomic E-state index is 12.8. The summed E-state index contributed by atoms with van der Waals surface area (Å²) in [5.74, 6) is 0.559. The van der Waals surface area contributed by atoms with E-state index in [1.807, 2.05) is 27.3 Å². The highest BCUT2D eigenvalue weighted by Crippen LogP contribution is 2.38. The Labute approximate surface area is 146 Å². The van der Waals surface area contributed by atoms with Crippen LogP contribution in [0.3, 0.4) is 0 Å². The predicted octanol–water partition coefficient (Wildman–Crippen LogP) is 0.827. The molecule has 2 N–H and O–H groups in total. The lowest BCUT2D eigenvalue weighted by molar-refractivity contribution is 0.0235. The van der Waals surface area contributed by atoms with Crippen LogP contribution in [0.4, 0.5) is 5.95 Å². The summed E-state index contributed by atoms with van der Waals surface area (Å²) in [4.78, 5) is 23.2. The molecule has 1 aliphatic rings. The first-order valence-corrected chi connectivity index (χ1v) is 8.33. The van der Waals surface area contributed by atoms with Crippen molar-refractivity contribution in [3.8, 4) is 0 Å². The largest absolute Gasteiger partial charge is 0.393 e. The van der Waals surface area contributed by atoms with Gasteiger partial charge in [0.05, 0.1) is 29.6 Å². The van der Waals surface area contributed by atoms with Gasteiger partial charge >= 0.3 is 0 Å². The number of rotatable bonds is 5. The van der Waals surface area contributed by atoms with Gasteiger partial charge in [-0.3, -0.25) is 9.48 Å². The second kappa shape index (κ2) is 6.79. The summed E-state index contributed by atoms with van der Waals surface area (Å²) in [5, 5.41) is 16.9. The van der Waals surface area contributed by atoms with Crippen LogP contribution in [0, 0.1) is 12.8 Å². The smallest absolute Gasteiger partial charge is 0.255 e. The molecule has 2 heterocycles. The molecule has 0 aromatic carbocycles. The zero-order chi connectivity index (χ0) is 18.1. The summed E-state index contributed by atoms with van der Waals surface area (Å²) in [6.45, 7) is 1.80. The second-order valence-electron chi connectivity index (χ2n) is 6.85. The van der Waals surface area contributed by atoms with Gasteiger partial charge in [-0.05, 0) is 25.7 Å². The van der Waals surface area contributed by atoms with Crippen LogP contribution in [-0.2, 0) is 7.05 Å². The third-order valence-corrected chi connectivity index (χ3v) is 4.60. The van der Waals surface area contributed by atoms with Crippen LogP contribution < -0.4 is 10.2 Å². The number of hydrogen-bond donors (Lipinski definition) is 2. The van der Waals surface area contributed by atoms with Crippen LogP contribution in [0.25, 0.3) is 0 Å². The van der Waals surface area contributed by atoms with Gasteiger partial charge in [-0.15, -0.1) is 0 Å². The molecule has 8 nitrogen and oxygen atoms in total. The summed E-state index contributed by atoms with van der Waals surface area (Å²) < 4.78 is 1.71. The average molecular weight is 344 g/mol. The molecule has 1 fully saturated rings. The van der Waals surface area contributed by atoms with Crippen LogP contribution in [-0.4, -0.2) is 51.0 Å². The molecule has 8 heteroatoms. The van der Waals surface area contributed by atoms with Gasteiger partial charge in [0.15, 0.2) is 0 Å². The molecule has 0 unspecified atom stereocenters. The van der Waals surface area contributed by atoms with Gasteiger partial charge in [0.25, 0.3) is 5.91 Å². The monoisotopic (exact) mass is 344 g/mol. The quantitative estimate of drug-likeness (QED) is 0.834. The van der Waals surface area contributed by atoms with E-state index >= 15 is 0 Å². The minimum atomic E-state index is -0.287. The van der Waals surface area contributed by atoms with Crippen molar-refractivity contribution in [3.05, 3.63) is 35.4 Å². The van der Waals surface area contributed by atoms with Crippen molar-refractivity contribution in [2.75, 3.05) is 19.0 Å². The van der Waals surface area contributed by atoms with Crippen molar-refractivity contribution >= 4 is 11.9 Å². The lowest BCUT2D eigenvalue weighted by Crippen LogP contribution is -2.41. The molecule has 2 aromatic rings. The van der Waals surface area contributed by atoms with Gasteiger partial charge in [0.1, 0.15) is 0 Å². The highest BCUT2D eigenvalue weighted by molar-refractivity contribution is 5.95. The molecule has 25 heavy (non-hydrogen) atoms. The number of anilines is 1. The zero-order valence-electron chi connectivity index (χ0n) is 15.0. The van der Waals surface area contributed by atoms with Gasteiger partial charge in [0, 0.05) is 39.1 Å². The number of nitrogens with zero attached hydrogens (tertiary/aromatic N) is 5. The Bertz CT molecular complexity index is 766. The summed E-state index contributed by atoms with van der Waals surface area (Å²) >= 11 is 0. The number of hydrogen-bond acceptors (Lipinski definition) is 6. The van der Waals surface area contributed by atoms with Gasteiger partial charge in [-0.25, -0.2) is 9.97 Å². The van der Waals surface area contributed by atoms with Crippen molar-refractivity contribution in [2.24, 2.45) is 13.0 Å². The van der Waals surface area contributed by atoms with Crippen molar-refractivity contribution in [2.45, 2.75) is 31.9 Å². The Morgan fingerprint density at radius 1 is 1.40 bits per heavy atom. The van der Waals surface area contributed by atoms with E-state index in [0.29, 0.717) is 30.0 Å². The summed E-state index contributed by atoms with van der Waals surface area (Å²) in [6.07, 6.45) is 6.28. The molecule has 1 amide bonds. The van der Waals surface area contributed by atoms with Crippen molar-refractivity contribution < 1.29 is 9.90 Å². The fraction of sp³-hybridized carbons (Fsp3) is 0.529. The van der Waals surface area contributed by atoms with Crippen LogP contribution in [0.2, 0.25) is 0 Å². The number of aliphatic hydroxyl groups is 1. The maximum Gasteiger partial charge on any atom is 0.255 e. The fourth-order valence-electron chi connectivity index (χ4n) is 3.09. The molecular formula is C17H24N6O2. The molecule has 0 radical (unpaired) electrons. The summed E-state index contributed by atoms with van der Waals surface area (Å²) in [5.41, 5.74) is 2.03. The van der Waals surface area contributed by atoms with Gasteiger partial charge in [0.2, 0.25) is 5.95 Å². The third-order valence-electron chi connectivity index (χ3n) is 4.60. The Morgan fingerprint density at radius 3 is 2.64 bits per heavy atom. The molecule has 0 bridgehead atoms. The fourth-order valence-corrected chi connectivity index (χ4v) is 3.09. The predicted molar refractivity (Wildman–Crippen MR) is 93.2 cm³/mol. The van der Waals surface area contributed by atoms with E-state index in [1.165, 1.54) is 0 Å². The second-order valence-corrected chi connectivity index (χ2v) is 6.85. The molecule has 3 rings (SSSR count). The van der Waals surface area contributed by atoms with Gasteiger partial charge in [-0.1, -0.05) is 0 Å². The van der Waals surface area contributed by atoms with E-state index in [-0.39, 0.29) is 24.0 Å². The molecule has 0 aliphatic heterocycles. The lowest BCUT2D eigenvalue weighted by atomic mass is 9.75. The topological polar surface area (TPSA) is 96.2 Å². The van der Waals surface area contributed by atoms with Crippen LogP contribution in [0.15, 0.2) is 18.6 Å². The number of carbonyl (C=O) groups is 1. The van der Waals surface area contributed by atoms with Crippen LogP contribution >= 0.6 is 0 Å². The van der Waals surface area contributed by atoms with Crippen molar-refractivity contribution in [3.63, 3.8) is 0 Å². The van der Waals surface area contributed by atoms with E-state index in [9.17, 15) is 9.90 Å². The van der Waals surface area contributed by atoms with Crippen molar-refractivity contribution in [1.82, 2.24) is 25.1 Å². The number of carbonyl (C=O) groups excluding carboxylic acids is 1. The van der Waals surface area contributed by atoms with E-state index < -0.39 is 0 Å². The minimum absolute atomic E-state index is 0.183. The third kappa shape index (κ3) is 3.63. The summed E-state index contributed by atoms with van der Waals surface area (Å²) in [6, 6.07) is -0.183. The maximum absolute atomic E-state index is 12.8. The first-order chi connectivity index (χ1) is 11.8. The number of aromatic nitrogens is 4. The van der Waals surface area contributed by atoms with Crippen LogP contribution in [0.5, 0.6) is 0 Å². The highest BCUT2D eigenvalue weighted by atomic mass is 16.3. The van der Waals surface area contributed by atoms with Crippen molar-refractivity contribution in [1.29, 1.82) is 0 Å². The van der Waals surface area contributed by atoms with E-state index in [2.05, 4.69) is 20.4 Å². The Hall–Kier alpha value is -2.48. The Balaban J connectivity index is 1.81. The van der Waals surface area contributed by atoms with Gasteiger partial charge in [-0.2, -0.15) is 5.10 Å². The number of amides is 1. The molecular weight excluding hydrogens is 320 g/mol. The standard InChI is InChI=1S/C17H24N6O2/c1-10-14(8-18-17(20-10)22(2)3)16(25)21-15(11-5-13(24)6-11)12-7-19-23(4)9-12/h7-9,11,13,15,24H,5-6H2,1-4H3,(H,21,25)/t11?,13?,15-/m0/s1. The van der Waals surface area contributed by atoms with E-state index in [1.54, 1.807) is 28.9 Å². The molecule has 1 aliphatic carbocycles. The SMILES string of the molecule is Cc1nc(N(C)C)ncc1C(=O)N[C@H](c1cnn(C)c1)C1CC(O)C1. The Kier molecular flexibility index (Phi) is 4.71. The molecule has 1 atom stereocenters. The molecule has 1 saturated carbocycles. The van der Waals surface area contributed by atoms with Gasteiger partial charge < -0.3 is 15.3 Å². The zero-order valence-corrected chi connectivity index (χ0v) is 15.0. The van der Waals surface area contributed by atoms with E-state index in [0.717, 1.165) is 5.56 Å². The number of nitrogens with one attached hydrogen (secondary N) is 1. The van der Waals surface area contributed by atoms with E-state index in [4.69, 9.17) is 0 Å². The Morgan fingerprint density at radius 2 is 2.12 bits per heavy atom. The number of aliphatic hydroxyl groups excluding tert-OH is 1. The molecule has 134 valence electrons. The molecule has 0 spiro atoms. The minimum Gasteiger partial charge on any atom is -0.393 e. The first kappa shape index (κ1) is 17.3.